The molecule has 0 aromatic heterocycles. The van der Waals surface area contributed by atoms with Gasteiger partial charge in [0.25, 0.3) is 0 Å². The number of phenolic OH excluding ortho intramolecular Hbond substituents is 1. The van der Waals surface area contributed by atoms with E-state index in [9.17, 15) is 9.90 Å². The Bertz CT molecular complexity index is 338. The smallest absolute Gasteiger partial charge is 0.303 e. The van der Waals surface area contributed by atoms with Crippen molar-refractivity contribution >= 4 is 17.7 Å². The fourth-order valence-electron chi connectivity index (χ4n) is 1.17. The molecule has 1 rings (SSSR count). The number of carboxylic acids is 1. The van der Waals surface area contributed by atoms with Crippen molar-refractivity contribution in [3.63, 3.8) is 0 Å². The molecule has 0 amide bonds. The van der Waals surface area contributed by atoms with Gasteiger partial charge < -0.3 is 10.2 Å². The zero-order valence-electron chi connectivity index (χ0n) is 8.51. The van der Waals surface area contributed by atoms with E-state index in [2.05, 4.69) is 0 Å². The topological polar surface area (TPSA) is 57.5 Å². The molecule has 0 saturated carbocycles. The summed E-state index contributed by atoms with van der Waals surface area (Å²) in [5, 5.41) is 18.0. The third-order valence-electron chi connectivity index (χ3n) is 1.92. The Morgan fingerprint density at radius 1 is 1.53 bits per heavy atom. The van der Waals surface area contributed by atoms with Crippen LogP contribution in [-0.4, -0.2) is 21.4 Å². The van der Waals surface area contributed by atoms with E-state index in [1.807, 2.05) is 13.0 Å². The number of aliphatic carboxylic acids is 1. The maximum absolute atomic E-state index is 10.4. The minimum atomic E-state index is -0.765. The summed E-state index contributed by atoms with van der Waals surface area (Å²) in [6.07, 6.45) is 0.822. The summed E-state index contributed by atoms with van der Waals surface area (Å²) in [4.78, 5) is 11.3. The number of aromatic hydroxyl groups is 1. The average Bonchev–Trinajstić information content (AvgIpc) is 2.15. The van der Waals surface area contributed by atoms with Crippen molar-refractivity contribution in [2.75, 3.05) is 0 Å². The van der Waals surface area contributed by atoms with Crippen LogP contribution in [0.3, 0.4) is 0 Å². The molecule has 82 valence electrons. The number of phenols is 1. The molecule has 0 aliphatic rings. The molecule has 0 radical (unpaired) electrons. The van der Waals surface area contributed by atoms with Gasteiger partial charge in [-0.2, -0.15) is 0 Å². The lowest BCUT2D eigenvalue weighted by molar-refractivity contribution is -0.137. The SMILES string of the molecule is CC(CCC(=O)O)Sc1cccc(O)c1. The van der Waals surface area contributed by atoms with Gasteiger partial charge in [-0.05, 0) is 24.6 Å². The van der Waals surface area contributed by atoms with E-state index in [0.29, 0.717) is 6.42 Å². The van der Waals surface area contributed by atoms with Gasteiger partial charge in [-0.1, -0.05) is 13.0 Å². The Labute approximate surface area is 93.1 Å². The van der Waals surface area contributed by atoms with Gasteiger partial charge in [-0.3, -0.25) is 4.79 Å². The molecule has 0 aliphatic heterocycles. The molecule has 0 spiro atoms. The lowest BCUT2D eigenvalue weighted by Gasteiger charge is -2.09. The number of carboxylic acid groups (broad SMARTS) is 1. The fraction of sp³-hybridized carbons (Fsp3) is 0.364. The quantitative estimate of drug-likeness (QED) is 0.758. The van der Waals surface area contributed by atoms with Crippen molar-refractivity contribution in [3.05, 3.63) is 24.3 Å². The van der Waals surface area contributed by atoms with Crippen LogP contribution in [0.4, 0.5) is 0 Å². The molecular weight excluding hydrogens is 212 g/mol. The van der Waals surface area contributed by atoms with Crippen LogP contribution in [0.1, 0.15) is 19.8 Å². The minimum absolute atomic E-state index is 0.187. The fourth-order valence-corrected chi connectivity index (χ4v) is 2.22. The molecule has 0 fully saturated rings. The Morgan fingerprint density at radius 3 is 2.87 bits per heavy atom. The highest BCUT2D eigenvalue weighted by Gasteiger charge is 2.07. The molecule has 4 heteroatoms. The van der Waals surface area contributed by atoms with E-state index in [-0.39, 0.29) is 17.4 Å². The zero-order chi connectivity index (χ0) is 11.3. The van der Waals surface area contributed by atoms with Crippen LogP contribution in [0.25, 0.3) is 0 Å². The van der Waals surface area contributed by atoms with E-state index < -0.39 is 5.97 Å². The molecule has 0 heterocycles. The summed E-state index contributed by atoms with van der Waals surface area (Å²) in [7, 11) is 0. The van der Waals surface area contributed by atoms with E-state index >= 15 is 0 Å². The number of rotatable bonds is 5. The second-order valence-corrected chi connectivity index (χ2v) is 4.87. The van der Waals surface area contributed by atoms with Gasteiger partial charge in [0.15, 0.2) is 0 Å². The molecule has 1 unspecified atom stereocenters. The Kier molecular flexibility index (Phi) is 4.49. The molecule has 2 N–H and O–H groups in total. The lowest BCUT2D eigenvalue weighted by Crippen LogP contribution is -2.01. The molecule has 0 aliphatic carbocycles. The van der Waals surface area contributed by atoms with Gasteiger partial charge in [0.1, 0.15) is 5.75 Å². The molecule has 1 atom stereocenters. The summed E-state index contributed by atoms with van der Waals surface area (Å²) in [6, 6.07) is 6.98. The van der Waals surface area contributed by atoms with E-state index in [1.54, 1.807) is 30.0 Å². The highest BCUT2D eigenvalue weighted by molar-refractivity contribution is 7.99. The summed E-state index contributed by atoms with van der Waals surface area (Å²) in [6.45, 7) is 1.98. The first-order valence-corrected chi connectivity index (χ1v) is 5.63. The molecule has 15 heavy (non-hydrogen) atoms. The monoisotopic (exact) mass is 226 g/mol. The van der Waals surface area contributed by atoms with E-state index in [0.717, 1.165) is 4.90 Å². The summed E-state index contributed by atoms with van der Waals surface area (Å²) < 4.78 is 0. The van der Waals surface area contributed by atoms with Crippen LogP contribution in [0, 0.1) is 0 Å². The van der Waals surface area contributed by atoms with Crippen molar-refractivity contribution in [1.82, 2.24) is 0 Å². The number of thioether (sulfide) groups is 1. The number of hydrogen-bond acceptors (Lipinski definition) is 3. The van der Waals surface area contributed by atoms with E-state index in [4.69, 9.17) is 5.11 Å². The Morgan fingerprint density at radius 2 is 2.27 bits per heavy atom. The summed E-state index contributed by atoms with van der Waals surface area (Å²) in [5.41, 5.74) is 0. The van der Waals surface area contributed by atoms with Crippen LogP contribution < -0.4 is 0 Å². The second-order valence-electron chi connectivity index (χ2n) is 3.36. The molecular formula is C11H14O3S. The predicted octanol–water partition coefficient (Wildman–Crippen LogP) is 2.74. The van der Waals surface area contributed by atoms with Crippen LogP contribution in [0.2, 0.25) is 0 Å². The Balaban J connectivity index is 2.44. The minimum Gasteiger partial charge on any atom is -0.508 e. The summed E-state index contributed by atoms with van der Waals surface area (Å²) >= 11 is 1.58. The van der Waals surface area contributed by atoms with Crippen molar-refractivity contribution in [2.24, 2.45) is 0 Å². The van der Waals surface area contributed by atoms with Crippen LogP contribution in [-0.2, 0) is 4.79 Å². The normalized spacial score (nSPS) is 12.3. The first-order chi connectivity index (χ1) is 7.08. The van der Waals surface area contributed by atoms with Gasteiger partial charge in [0.2, 0.25) is 0 Å². The van der Waals surface area contributed by atoms with Gasteiger partial charge in [-0.25, -0.2) is 0 Å². The average molecular weight is 226 g/mol. The van der Waals surface area contributed by atoms with Crippen LogP contribution in [0.5, 0.6) is 5.75 Å². The van der Waals surface area contributed by atoms with E-state index in [1.165, 1.54) is 0 Å². The predicted molar refractivity (Wildman–Crippen MR) is 60.3 cm³/mol. The molecule has 1 aromatic rings. The van der Waals surface area contributed by atoms with Crippen LogP contribution in [0.15, 0.2) is 29.2 Å². The van der Waals surface area contributed by atoms with Crippen molar-refractivity contribution in [2.45, 2.75) is 29.9 Å². The lowest BCUT2D eigenvalue weighted by atomic mass is 10.2. The van der Waals surface area contributed by atoms with Crippen LogP contribution >= 0.6 is 11.8 Å². The van der Waals surface area contributed by atoms with Crippen molar-refractivity contribution < 1.29 is 15.0 Å². The first kappa shape index (κ1) is 11.9. The molecule has 0 bridgehead atoms. The van der Waals surface area contributed by atoms with Crippen molar-refractivity contribution in [3.8, 4) is 5.75 Å². The van der Waals surface area contributed by atoms with Gasteiger partial charge in [0, 0.05) is 16.6 Å². The number of carbonyl (C=O) groups is 1. The highest BCUT2D eigenvalue weighted by Crippen LogP contribution is 2.28. The van der Waals surface area contributed by atoms with Gasteiger partial charge >= 0.3 is 5.97 Å². The van der Waals surface area contributed by atoms with Crippen molar-refractivity contribution in [1.29, 1.82) is 0 Å². The van der Waals surface area contributed by atoms with Gasteiger partial charge in [0.05, 0.1) is 0 Å². The third-order valence-corrected chi connectivity index (χ3v) is 3.08. The highest BCUT2D eigenvalue weighted by atomic mass is 32.2. The number of hydrogen-bond donors (Lipinski definition) is 2. The third kappa shape index (κ3) is 4.74. The van der Waals surface area contributed by atoms with Gasteiger partial charge in [-0.15, -0.1) is 11.8 Å². The zero-order valence-corrected chi connectivity index (χ0v) is 9.33. The molecule has 0 saturated heterocycles. The standard InChI is InChI=1S/C11H14O3S/c1-8(5-6-11(13)14)15-10-4-2-3-9(12)7-10/h2-4,7-8,12H,5-6H2,1H3,(H,13,14). The number of benzene rings is 1. The first-order valence-electron chi connectivity index (χ1n) is 4.75. The Hall–Kier alpha value is -1.16. The largest absolute Gasteiger partial charge is 0.508 e. The molecule has 1 aromatic carbocycles. The maximum atomic E-state index is 10.4. The summed E-state index contributed by atoms with van der Waals surface area (Å²) in [5.74, 6) is -0.524. The maximum Gasteiger partial charge on any atom is 0.303 e. The molecule has 3 nitrogen and oxygen atoms in total. The second kappa shape index (κ2) is 5.66.